The maximum Gasteiger partial charge on any atom is 0.139 e. The average Bonchev–Trinajstić information content (AvgIpc) is 3.04. The van der Waals surface area contributed by atoms with Gasteiger partial charge in [-0.05, 0) is 55.5 Å². The van der Waals surface area contributed by atoms with Crippen LogP contribution < -0.4 is 31.3 Å². The molecule has 42 heavy (non-hydrogen) atoms. The molecule has 7 rings (SSSR count). The molecule has 2 aliphatic rings. The van der Waals surface area contributed by atoms with E-state index in [9.17, 15) is 0 Å². The van der Waals surface area contributed by atoms with Crippen LogP contribution in [0.2, 0.25) is 0 Å². The average molecular weight is 581 g/mol. The van der Waals surface area contributed by atoms with Crippen LogP contribution in [0.25, 0.3) is 0 Å². The van der Waals surface area contributed by atoms with Gasteiger partial charge >= 0.3 is 0 Å². The topological polar surface area (TPSA) is 9.23 Å². The van der Waals surface area contributed by atoms with Gasteiger partial charge in [-0.1, -0.05) is 159 Å². The zero-order valence-corrected chi connectivity index (χ0v) is 25.9. The number of para-hydroxylation sites is 1. The van der Waals surface area contributed by atoms with E-state index in [1.807, 2.05) is 0 Å². The molecule has 0 radical (unpaired) electrons. The molecule has 1 aliphatic carbocycles. The highest BCUT2D eigenvalue weighted by atomic mass is 31.1. The highest BCUT2D eigenvalue weighted by molar-refractivity contribution is 7.80. The quantitative estimate of drug-likeness (QED) is 0.184. The van der Waals surface area contributed by atoms with Gasteiger partial charge in [0.2, 0.25) is 0 Å². The molecule has 0 unspecified atom stereocenters. The molecule has 1 heterocycles. The van der Waals surface area contributed by atoms with E-state index in [1.54, 1.807) is 0 Å². The zero-order valence-electron chi connectivity index (χ0n) is 24.1. The van der Waals surface area contributed by atoms with Crippen molar-refractivity contribution in [3.8, 4) is 5.75 Å². The molecule has 1 aliphatic heterocycles. The summed E-state index contributed by atoms with van der Waals surface area (Å²) in [5, 5.41) is 8.02. The van der Waals surface area contributed by atoms with Crippen LogP contribution in [-0.2, 0) is 5.41 Å². The van der Waals surface area contributed by atoms with E-state index in [1.165, 1.54) is 43.0 Å². The Hall–Kier alpha value is -3.76. The van der Waals surface area contributed by atoms with Crippen LogP contribution in [0.3, 0.4) is 0 Å². The predicted octanol–water partition coefficient (Wildman–Crippen LogP) is 8.18. The van der Waals surface area contributed by atoms with Crippen molar-refractivity contribution in [2.24, 2.45) is 0 Å². The lowest BCUT2D eigenvalue weighted by molar-refractivity contribution is 0.372. The van der Waals surface area contributed by atoms with E-state index < -0.39 is 15.8 Å². The van der Waals surface area contributed by atoms with E-state index >= 15 is 0 Å². The van der Waals surface area contributed by atoms with Gasteiger partial charge in [0.25, 0.3) is 0 Å². The van der Waals surface area contributed by atoms with Crippen molar-refractivity contribution >= 4 is 42.4 Å². The number of hydrogen-bond donors (Lipinski definition) is 0. The second kappa shape index (κ2) is 11.5. The van der Waals surface area contributed by atoms with E-state index in [4.69, 9.17) is 4.74 Å². The molecule has 3 heteroatoms. The van der Waals surface area contributed by atoms with Crippen molar-refractivity contribution in [2.45, 2.75) is 32.1 Å². The smallest absolute Gasteiger partial charge is 0.139 e. The normalized spacial score (nSPS) is 15.6. The molecule has 0 amide bonds. The van der Waals surface area contributed by atoms with Gasteiger partial charge in [-0.15, -0.1) is 0 Å². The summed E-state index contributed by atoms with van der Waals surface area (Å²) in [6.45, 7) is 4.80. The van der Waals surface area contributed by atoms with Gasteiger partial charge in [-0.2, -0.15) is 0 Å². The number of allylic oxidation sites excluding steroid dienone is 3. The SMILES string of the molecule is CC1(C)C2=C(Oc3c(P(c4ccccc4)c4ccccc4)cccc31)C(P(c1ccccc1)c1ccccc1)=CCC2. The lowest BCUT2D eigenvalue weighted by Gasteiger charge is -2.41. The monoisotopic (exact) mass is 580 g/mol. The molecule has 206 valence electrons. The van der Waals surface area contributed by atoms with Crippen LogP contribution in [-0.4, -0.2) is 0 Å². The molecule has 0 aromatic heterocycles. The number of ether oxygens (including phenoxy) is 1. The van der Waals surface area contributed by atoms with E-state index in [-0.39, 0.29) is 5.41 Å². The summed E-state index contributed by atoms with van der Waals surface area (Å²) in [5.74, 6) is 2.14. The minimum absolute atomic E-state index is 0.138. The number of rotatable bonds is 6. The van der Waals surface area contributed by atoms with Crippen LogP contribution in [0.4, 0.5) is 0 Å². The molecule has 0 N–H and O–H groups in total. The molecule has 0 fully saturated rings. The highest BCUT2D eigenvalue weighted by Gasteiger charge is 2.41. The van der Waals surface area contributed by atoms with Gasteiger partial charge in [0.15, 0.2) is 0 Å². The first-order chi connectivity index (χ1) is 20.6. The van der Waals surface area contributed by atoms with Crippen LogP contribution in [0.15, 0.2) is 162 Å². The standard InChI is InChI=1S/C39H34OP2/c1-39(2)33-25-15-27-35(41(29-17-7-3-8-18-29)30-19-9-4-10-20-30)37(33)40-38-34(39)26-16-28-36(38)42(31-21-11-5-12-22-31)32-23-13-6-14-24-32/h3-15,17-25,27-28H,16,26H2,1-2H3. The maximum atomic E-state index is 7.31. The Morgan fingerprint density at radius 2 is 1.02 bits per heavy atom. The summed E-state index contributed by atoms with van der Waals surface area (Å²) >= 11 is 0. The molecule has 0 atom stereocenters. The van der Waals surface area contributed by atoms with Crippen molar-refractivity contribution in [1.82, 2.24) is 0 Å². The molecule has 0 spiro atoms. The van der Waals surface area contributed by atoms with E-state index in [0.717, 1.165) is 24.4 Å². The number of fused-ring (bicyclic) bond motifs is 1. The lowest BCUT2D eigenvalue weighted by Crippen LogP contribution is -2.34. The fourth-order valence-corrected chi connectivity index (χ4v) is 11.2. The third-order valence-electron chi connectivity index (χ3n) is 8.40. The fourth-order valence-electron chi connectivity index (χ4n) is 6.34. The first-order valence-electron chi connectivity index (χ1n) is 14.7. The first kappa shape index (κ1) is 27.1. The molecule has 0 bridgehead atoms. The molecular formula is C39H34OP2. The van der Waals surface area contributed by atoms with Crippen molar-refractivity contribution in [1.29, 1.82) is 0 Å². The summed E-state index contributed by atoms with van der Waals surface area (Å²) in [7, 11) is -1.58. The Balaban J connectivity index is 1.41. The number of hydrogen-bond acceptors (Lipinski definition) is 1. The van der Waals surface area contributed by atoms with Crippen LogP contribution >= 0.6 is 15.8 Å². The maximum absolute atomic E-state index is 7.31. The Kier molecular flexibility index (Phi) is 7.41. The number of benzene rings is 5. The van der Waals surface area contributed by atoms with Crippen LogP contribution in [0.5, 0.6) is 5.75 Å². The molecule has 0 saturated heterocycles. The van der Waals surface area contributed by atoms with Gasteiger partial charge in [0.1, 0.15) is 11.5 Å². The van der Waals surface area contributed by atoms with Gasteiger partial charge in [-0.25, -0.2) is 0 Å². The molecule has 0 saturated carbocycles. The second-order valence-corrected chi connectivity index (χ2v) is 15.7. The summed E-state index contributed by atoms with van der Waals surface area (Å²) in [4.78, 5) is 0. The zero-order chi connectivity index (χ0) is 28.5. The summed E-state index contributed by atoms with van der Waals surface area (Å²) in [5.41, 5.74) is 2.58. The van der Waals surface area contributed by atoms with Gasteiger partial charge in [-0.3, -0.25) is 0 Å². The Morgan fingerprint density at radius 1 is 0.548 bits per heavy atom. The van der Waals surface area contributed by atoms with Gasteiger partial charge in [0.05, 0.1) is 0 Å². The fraction of sp³-hybridized carbons (Fsp3) is 0.128. The minimum Gasteiger partial charge on any atom is -0.456 e. The molecule has 5 aromatic carbocycles. The summed E-state index contributed by atoms with van der Waals surface area (Å²) < 4.78 is 7.31. The van der Waals surface area contributed by atoms with Crippen LogP contribution in [0, 0.1) is 0 Å². The minimum atomic E-state index is -0.806. The van der Waals surface area contributed by atoms with Crippen LogP contribution in [0.1, 0.15) is 32.3 Å². The summed E-state index contributed by atoms with van der Waals surface area (Å²) in [6.07, 6.45) is 4.52. The van der Waals surface area contributed by atoms with Crippen molar-refractivity contribution in [3.05, 3.63) is 168 Å². The Bertz CT molecular complexity index is 1680. The van der Waals surface area contributed by atoms with E-state index in [2.05, 4.69) is 159 Å². The largest absolute Gasteiger partial charge is 0.456 e. The second-order valence-electron chi connectivity index (χ2n) is 11.3. The third-order valence-corrected chi connectivity index (χ3v) is 13.4. The highest BCUT2D eigenvalue weighted by Crippen LogP contribution is 2.56. The van der Waals surface area contributed by atoms with Gasteiger partial charge < -0.3 is 4.74 Å². The van der Waals surface area contributed by atoms with Crippen molar-refractivity contribution in [2.75, 3.05) is 0 Å². The molecule has 5 aromatic rings. The Morgan fingerprint density at radius 3 is 1.52 bits per heavy atom. The summed E-state index contributed by atoms with van der Waals surface area (Å²) in [6, 6.07) is 50.8. The first-order valence-corrected chi connectivity index (χ1v) is 17.4. The van der Waals surface area contributed by atoms with E-state index in [0.29, 0.717) is 0 Å². The van der Waals surface area contributed by atoms with Crippen molar-refractivity contribution in [3.63, 3.8) is 0 Å². The third kappa shape index (κ3) is 4.86. The molecular weight excluding hydrogens is 546 g/mol. The predicted molar refractivity (Wildman–Crippen MR) is 182 cm³/mol. The van der Waals surface area contributed by atoms with Gasteiger partial charge in [0, 0.05) is 21.6 Å². The van der Waals surface area contributed by atoms with Crippen molar-refractivity contribution < 1.29 is 4.74 Å². The molecule has 1 nitrogen and oxygen atoms in total. The lowest BCUT2D eigenvalue weighted by atomic mass is 9.72. The Labute approximate surface area is 252 Å².